The van der Waals surface area contributed by atoms with E-state index in [0.29, 0.717) is 6.42 Å². The standard InChI is InChI=1S/C14H26N2O3/c1-3-7-11(12(17)18)10-15-13(19)16-14(2)8-5-4-6-9-14/h11H,3-10H2,1-2H3,(H,17,18)(H2,15,16,19). The van der Waals surface area contributed by atoms with Crippen molar-refractivity contribution in [2.75, 3.05) is 6.54 Å². The molecule has 0 aromatic heterocycles. The molecule has 1 fully saturated rings. The van der Waals surface area contributed by atoms with Crippen LogP contribution < -0.4 is 10.6 Å². The van der Waals surface area contributed by atoms with Crippen LogP contribution in [0.3, 0.4) is 0 Å². The number of hydrogen-bond donors (Lipinski definition) is 3. The molecular weight excluding hydrogens is 244 g/mol. The van der Waals surface area contributed by atoms with E-state index in [4.69, 9.17) is 5.11 Å². The summed E-state index contributed by atoms with van der Waals surface area (Å²) in [7, 11) is 0. The van der Waals surface area contributed by atoms with Gasteiger partial charge in [0, 0.05) is 12.1 Å². The summed E-state index contributed by atoms with van der Waals surface area (Å²) in [5.74, 6) is -1.33. The maximum absolute atomic E-state index is 11.8. The van der Waals surface area contributed by atoms with Crippen LogP contribution in [-0.2, 0) is 4.79 Å². The summed E-state index contributed by atoms with van der Waals surface area (Å²) in [5.41, 5.74) is -0.133. The Morgan fingerprint density at radius 1 is 1.26 bits per heavy atom. The van der Waals surface area contributed by atoms with Crippen molar-refractivity contribution in [3.63, 3.8) is 0 Å². The number of carboxylic acids is 1. The van der Waals surface area contributed by atoms with Gasteiger partial charge in [-0.1, -0.05) is 32.6 Å². The Kier molecular flexibility index (Phi) is 6.12. The van der Waals surface area contributed by atoms with Crippen LogP contribution in [0, 0.1) is 5.92 Å². The van der Waals surface area contributed by atoms with Crippen LogP contribution in [0.4, 0.5) is 4.79 Å². The van der Waals surface area contributed by atoms with Gasteiger partial charge in [-0.05, 0) is 26.2 Å². The zero-order valence-electron chi connectivity index (χ0n) is 12.0. The molecular formula is C14H26N2O3. The SMILES string of the molecule is CCCC(CNC(=O)NC1(C)CCCCC1)C(=O)O. The van der Waals surface area contributed by atoms with E-state index in [0.717, 1.165) is 32.1 Å². The van der Waals surface area contributed by atoms with Crippen LogP contribution in [-0.4, -0.2) is 29.2 Å². The quantitative estimate of drug-likeness (QED) is 0.694. The Morgan fingerprint density at radius 2 is 1.89 bits per heavy atom. The van der Waals surface area contributed by atoms with Crippen molar-refractivity contribution in [2.45, 2.75) is 64.3 Å². The Hall–Kier alpha value is -1.26. The molecule has 2 amide bonds. The number of urea groups is 1. The first-order valence-electron chi connectivity index (χ1n) is 7.25. The van der Waals surface area contributed by atoms with E-state index < -0.39 is 11.9 Å². The van der Waals surface area contributed by atoms with Crippen molar-refractivity contribution in [1.29, 1.82) is 0 Å². The third-order valence-corrected chi connectivity index (χ3v) is 3.87. The molecule has 1 aliphatic carbocycles. The van der Waals surface area contributed by atoms with Crippen molar-refractivity contribution < 1.29 is 14.7 Å². The van der Waals surface area contributed by atoms with Crippen LogP contribution in [0.2, 0.25) is 0 Å². The number of nitrogens with one attached hydrogen (secondary N) is 2. The molecule has 0 aliphatic heterocycles. The lowest BCUT2D eigenvalue weighted by Gasteiger charge is -2.34. The molecule has 5 nitrogen and oxygen atoms in total. The zero-order valence-corrected chi connectivity index (χ0v) is 12.0. The molecule has 19 heavy (non-hydrogen) atoms. The highest BCUT2D eigenvalue weighted by atomic mass is 16.4. The van der Waals surface area contributed by atoms with E-state index in [-0.39, 0.29) is 18.1 Å². The first kappa shape index (κ1) is 15.8. The molecule has 1 atom stereocenters. The third kappa shape index (κ3) is 5.49. The van der Waals surface area contributed by atoms with Gasteiger partial charge in [0.1, 0.15) is 0 Å². The van der Waals surface area contributed by atoms with Crippen LogP contribution in [0.25, 0.3) is 0 Å². The van der Waals surface area contributed by atoms with E-state index >= 15 is 0 Å². The Labute approximate surface area is 115 Å². The molecule has 1 saturated carbocycles. The molecule has 0 heterocycles. The first-order valence-corrected chi connectivity index (χ1v) is 7.25. The fraction of sp³-hybridized carbons (Fsp3) is 0.857. The number of carbonyl (C=O) groups excluding carboxylic acids is 1. The Bertz CT molecular complexity index is 312. The monoisotopic (exact) mass is 270 g/mol. The Morgan fingerprint density at radius 3 is 2.42 bits per heavy atom. The van der Waals surface area contributed by atoms with Crippen molar-refractivity contribution in [3.05, 3.63) is 0 Å². The van der Waals surface area contributed by atoms with Gasteiger partial charge in [-0.3, -0.25) is 4.79 Å². The highest BCUT2D eigenvalue weighted by Gasteiger charge is 2.28. The molecule has 1 rings (SSSR count). The van der Waals surface area contributed by atoms with Gasteiger partial charge in [0.2, 0.25) is 0 Å². The van der Waals surface area contributed by atoms with Crippen molar-refractivity contribution >= 4 is 12.0 Å². The maximum Gasteiger partial charge on any atom is 0.315 e. The number of hydrogen-bond acceptors (Lipinski definition) is 2. The van der Waals surface area contributed by atoms with Gasteiger partial charge in [0.05, 0.1) is 5.92 Å². The number of amides is 2. The lowest BCUT2D eigenvalue weighted by molar-refractivity contribution is -0.141. The van der Waals surface area contributed by atoms with Gasteiger partial charge in [0.15, 0.2) is 0 Å². The lowest BCUT2D eigenvalue weighted by Crippen LogP contribution is -2.52. The zero-order chi connectivity index (χ0) is 14.3. The average molecular weight is 270 g/mol. The molecule has 0 bridgehead atoms. The minimum Gasteiger partial charge on any atom is -0.481 e. The summed E-state index contributed by atoms with van der Waals surface area (Å²) in [6.45, 7) is 4.20. The van der Waals surface area contributed by atoms with E-state index in [9.17, 15) is 9.59 Å². The summed E-state index contributed by atoms with van der Waals surface area (Å²) >= 11 is 0. The minimum absolute atomic E-state index is 0.133. The molecule has 0 saturated heterocycles. The molecule has 0 aromatic carbocycles. The Balaban J connectivity index is 2.35. The second-order valence-corrected chi connectivity index (χ2v) is 5.78. The van der Waals surface area contributed by atoms with Crippen LogP contribution in [0.5, 0.6) is 0 Å². The minimum atomic E-state index is -0.842. The number of aliphatic carboxylic acids is 1. The third-order valence-electron chi connectivity index (χ3n) is 3.87. The highest BCUT2D eigenvalue weighted by Crippen LogP contribution is 2.27. The van der Waals surface area contributed by atoms with E-state index in [2.05, 4.69) is 17.6 Å². The van der Waals surface area contributed by atoms with Crippen molar-refractivity contribution in [1.82, 2.24) is 10.6 Å². The maximum atomic E-state index is 11.8. The number of rotatable bonds is 6. The topological polar surface area (TPSA) is 78.4 Å². The van der Waals surface area contributed by atoms with Crippen LogP contribution in [0.1, 0.15) is 58.8 Å². The highest BCUT2D eigenvalue weighted by molar-refractivity contribution is 5.76. The smallest absolute Gasteiger partial charge is 0.315 e. The van der Waals surface area contributed by atoms with Gasteiger partial charge in [-0.15, -0.1) is 0 Å². The van der Waals surface area contributed by atoms with Gasteiger partial charge < -0.3 is 15.7 Å². The summed E-state index contributed by atoms with van der Waals surface area (Å²) in [4.78, 5) is 22.8. The van der Waals surface area contributed by atoms with Crippen LogP contribution >= 0.6 is 0 Å². The molecule has 5 heteroatoms. The molecule has 0 spiro atoms. The van der Waals surface area contributed by atoms with E-state index in [1.165, 1.54) is 6.42 Å². The summed E-state index contributed by atoms with van der Waals surface area (Å²) in [6, 6.07) is -0.244. The summed E-state index contributed by atoms with van der Waals surface area (Å²) < 4.78 is 0. The molecule has 0 aromatic rings. The largest absolute Gasteiger partial charge is 0.481 e. The lowest BCUT2D eigenvalue weighted by atomic mass is 9.83. The van der Waals surface area contributed by atoms with Gasteiger partial charge in [-0.25, -0.2) is 4.79 Å². The molecule has 0 radical (unpaired) electrons. The molecule has 1 unspecified atom stereocenters. The summed E-state index contributed by atoms with van der Waals surface area (Å²) in [5, 5.41) is 14.7. The summed E-state index contributed by atoms with van der Waals surface area (Å²) in [6.07, 6.45) is 6.91. The molecule has 1 aliphatic rings. The van der Waals surface area contributed by atoms with Gasteiger partial charge in [0.25, 0.3) is 0 Å². The molecule has 110 valence electrons. The average Bonchev–Trinajstić information content (AvgIpc) is 2.34. The van der Waals surface area contributed by atoms with Gasteiger partial charge >= 0.3 is 12.0 Å². The molecule has 3 N–H and O–H groups in total. The normalized spacial score (nSPS) is 19.5. The van der Waals surface area contributed by atoms with Crippen molar-refractivity contribution in [3.8, 4) is 0 Å². The number of carboxylic acid groups (broad SMARTS) is 1. The van der Waals surface area contributed by atoms with E-state index in [1.54, 1.807) is 0 Å². The second-order valence-electron chi connectivity index (χ2n) is 5.78. The predicted octanol–water partition coefficient (Wildman–Crippen LogP) is 2.51. The van der Waals surface area contributed by atoms with Gasteiger partial charge in [-0.2, -0.15) is 0 Å². The van der Waals surface area contributed by atoms with Crippen molar-refractivity contribution in [2.24, 2.45) is 5.92 Å². The fourth-order valence-electron chi connectivity index (χ4n) is 2.65. The first-order chi connectivity index (χ1) is 8.97. The van der Waals surface area contributed by atoms with Crippen LogP contribution in [0.15, 0.2) is 0 Å². The number of carbonyl (C=O) groups is 2. The second kappa shape index (κ2) is 7.36. The predicted molar refractivity (Wildman–Crippen MR) is 74.1 cm³/mol. The fourth-order valence-corrected chi connectivity index (χ4v) is 2.65. The van der Waals surface area contributed by atoms with E-state index in [1.807, 2.05) is 6.92 Å².